The number of hydrogen-bond donors (Lipinski definition) is 3. The van der Waals surface area contributed by atoms with Crippen molar-refractivity contribution >= 4 is 5.95 Å². The van der Waals surface area contributed by atoms with E-state index < -0.39 is 0 Å². The van der Waals surface area contributed by atoms with Crippen LogP contribution in [0.4, 0.5) is 5.95 Å². The Balaban J connectivity index is 1.85. The lowest BCUT2D eigenvalue weighted by molar-refractivity contribution is 0.171. The Morgan fingerprint density at radius 1 is 1.04 bits per heavy atom. The van der Waals surface area contributed by atoms with Gasteiger partial charge >= 0.3 is 0 Å². The molecule has 0 bridgehead atoms. The van der Waals surface area contributed by atoms with Gasteiger partial charge in [-0.15, -0.1) is 0 Å². The molecule has 0 saturated carbocycles. The van der Waals surface area contributed by atoms with Gasteiger partial charge in [-0.05, 0) is 24.3 Å². The molecule has 0 atom stereocenters. The molecule has 0 aliphatic carbocycles. The van der Waals surface area contributed by atoms with Gasteiger partial charge in [-0.2, -0.15) is 0 Å². The van der Waals surface area contributed by atoms with Crippen LogP contribution in [0.1, 0.15) is 0 Å². The molecule has 7 nitrogen and oxygen atoms in total. The van der Waals surface area contributed by atoms with Gasteiger partial charge in [0.25, 0.3) is 0 Å². The first-order valence-electron chi connectivity index (χ1n) is 7.15. The largest absolute Gasteiger partial charge is 0.486 e. The van der Waals surface area contributed by atoms with Gasteiger partial charge in [0.05, 0.1) is 11.4 Å². The fourth-order valence-corrected chi connectivity index (χ4v) is 2.60. The van der Waals surface area contributed by atoms with Crippen LogP contribution < -0.4 is 20.8 Å². The van der Waals surface area contributed by atoms with Crippen molar-refractivity contribution in [3.05, 3.63) is 46.9 Å². The predicted octanol–water partition coefficient (Wildman–Crippen LogP) is 1.79. The van der Waals surface area contributed by atoms with Crippen molar-refractivity contribution < 1.29 is 9.47 Å². The number of nitrogens with two attached hydrogens (primary N) is 1. The van der Waals surface area contributed by atoms with E-state index in [1.807, 2.05) is 18.2 Å². The third-order valence-corrected chi connectivity index (χ3v) is 3.60. The van der Waals surface area contributed by atoms with Crippen molar-refractivity contribution in [1.82, 2.24) is 15.0 Å². The first kappa shape index (κ1) is 13.4. The van der Waals surface area contributed by atoms with Crippen molar-refractivity contribution in [1.29, 1.82) is 0 Å². The topological polar surface area (TPSA) is 106 Å². The molecule has 0 radical (unpaired) electrons. The molecule has 0 fully saturated rings. The number of nitrogens with one attached hydrogen (secondary N) is 2. The Kier molecular flexibility index (Phi) is 3.04. The number of benzene rings is 1. The second-order valence-electron chi connectivity index (χ2n) is 5.15. The zero-order valence-electron chi connectivity index (χ0n) is 12.1. The van der Waals surface area contributed by atoms with Crippen molar-refractivity contribution in [2.45, 2.75) is 0 Å². The van der Waals surface area contributed by atoms with Crippen LogP contribution in [0.5, 0.6) is 11.5 Å². The molecule has 116 valence electrons. The summed E-state index contributed by atoms with van der Waals surface area (Å²) < 4.78 is 11.1. The molecule has 1 aliphatic heterocycles. The minimum absolute atomic E-state index is 0.191. The molecule has 7 heteroatoms. The molecule has 4 N–H and O–H groups in total. The maximum atomic E-state index is 11.6. The van der Waals surface area contributed by atoms with Gasteiger partial charge in [0.15, 0.2) is 17.4 Å². The molecule has 4 rings (SSSR count). The smallest absolute Gasteiger partial charge is 0.248 e. The van der Waals surface area contributed by atoms with Gasteiger partial charge in [-0.25, -0.2) is 4.98 Å². The van der Waals surface area contributed by atoms with Crippen LogP contribution in [0, 0.1) is 0 Å². The number of aromatic nitrogens is 3. The number of nitrogens with zero attached hydrogens (tertiary/aromatic N) is 1. The molecule has 1 aromatic carbocycles. The average molecular weight is 310 g/mol. The summed E-state index contributed by atoms with van der Waals surface area (Å²) in [6.07, 6.45) is 1.59. The number of ether oxygens (including phenoxy) is 2. The maximum absolute atomic E-state index is 11.6. The Morgan fingerprint density at radius 2 is 1.87 bits per heavy atom. The number of imidazole rings is 1. The first-order chi connectivity index (χ1) is 11.2. The second kappa shape index (κ2) is 5.20. The second-order valence-corrected chi connectivity index (χ2v) is 5.15. The summed E-state index contributed by atoms with van der Waals surface area (Å²) in [6, 6.07) is 8.88. The Hall–Kier alpha value is -3.22. The summed E-state index contributed by atoms with van der Waals surface area (Å²) in [7, 11) is 0. The minimum Gasteiger partial charge on any atom is -0.486 e. The van der Waals surface area contributed by atoms with Gasteiger partial charge in [0.1, 0.15) is 13.2 Å². The Morgan fingerprint density at radius 3 is 2.70 bits per heavy atom. The zero-order chi connectivity index (χ0) is 15.8. The highest BCUT2D eigenvalue weighted by Crippen LogP contribution is 2.37. The number of aromatic amines is 2. The Labute approximate surface area is 131 Å². The number of pyridine rings is 1. The van der Waals surface area contributed by atoms with E-state index in [-0.39, 0.29) is 11.5 Å². The van der Waals surface area contributed by atoms with Crippen LogP contribution >= 0.6 is 0 Å². The van der Waals surface area contributed by atoms with Crippen molar-refractivity contribution in [3.8, 4) is 34.0 Å². The number of rotatable bonds is 2. The van der Waals surface area contributed by atoms with E-state index in [1.54, 1.807) is 12.3 Å². The number of H-pyrrole nitrogens is 2. The standard InChI is InChI=1S/C16H14N4O3/c17-16-19-14(15(20-16)10-3-4-18-13(21)8-10)9-1-2-11-12(7-9)23-6-5-22-11/h1-4,7-8H,5-6H2,(H,18,21)(H3,17,19,20). The van der Waals surface area contributed by atoms with Crippen LogP contribution in [0.3, 0.4) is 0 Å². The highest BCUT2D eigenvalue weighted by atomic mass is 16.6. The molecule has 23 heavy (non-hydrogen) atoms. The lowest BCUT2D eigenvalue weighted by Gasteiger charge is -2.18. The minimum atomic E-state index is -0.191. The summed E-state index contributed by atoms with van der Waals surface area (Å²) in [5, 5.41) is 0. The van der Waals surface area contributed by atoms with Gasteiger partial charge in [0.2, 0.25) is 5.56 Å². The van der Waals surface area contributed by atoms with Crippen LogP contribution in [0.2, 0.25) is 0 Å². The summed E-state index contributed by atoms with van der Waals surface area (Å²) in [6.45, 7) is 1.06. The summed E-state index contributed by atoms with van der Waals surface area (Å²) >= 11 is 0. The highest BCUT2D eigenvalue weighted by Gasteiger charge is 2.17. The molecule has 0 saturated heterocycles. The van der Waals surface area contributed by atoms with Gasteiger partial charge in [-0.1, -0.05) is 0 Å². The van der Waals surface area contributed by atoms with E-state index in [1.165, 1.54) is 6.07 Å². The van der Waals surface area contributed by atoms with E-state index in [0.717, 1.165) is 5.56 Å². The zero-order valence-corrected chi connectivity index (χ0v) is 12.1. The molecule has 3 aromatic rings. The predicted molar refractivity (Wildman–Crippen MR) is 85.5 cm³/mol. The molecule has 2 aromatic heterocycles. The van der Waals surface area contributed by atoms with E-state index in [9.17, 15) is 4.79 Å². The normalized spacial score (nSPS) is 13.0. The van der Waals surface area contributed by atoms with Crippen LogP contribution in [0.15, 0.2) is 41.3 Å². The van der Waals surface area contributed by atoms with Crippen molar-refractivity contribution in [2.75, 3.05) is 18.9 Å². The Bertz CT molecular complexity index is 929. The van der Waals surface area contributed by atoms with Crippen molar-refractivity contribution in [2.24, 2.45) is 0 Å². The van der Waals surface area contributed by atoms with E-state index in [4.69, 9.17) is 15.2 Å². The molecule has 0 unspecified atom stereocenters. The van der Waals surface area contributed by atoms with Gasteiger partial charge < -0.3 is 25.2 Å². The lowest BCUT2D eigenvalue weighted by atomic mass is 10.1. The first-order valence-corrected chi connectivity index (χ1v) is 7.15. The fourth-order valence-electron chi connectivity index (χ4n) is 2.60. The average Bonchev–Trinajstić information content (AvgIpc) is 2.96. The number of anilines is 1. The van der Waals surface area contributed by atoms with Crippen LogP contribution in [-0.2, 0) is 0 Å². The quantitative estimate of drug-likeness (QED) is 0.669. The molecular formula is C16H14N4O3. The number of fused-ring (bicyclic) bond motifs is 1. The molecule has 0 spiro atoms. The van der Waals surface area contributed by atoms with E-state index in [2.05, 4.69) is 15.0 Å². The monoisotopic (exact) mass is 310 g/mol. The maximum Gasteiger partial charge on any atom is 0.248 e. The van der Waals surface area contributed by atoms with Gasteiger partial charge in [-0.3, -0.25) is 4.79 Å². The fraction of sp³-hybridized carbons (Fsp3) is 0.125. The highest BCUT2D eigenvalue weighted by molar-refractivity contribution is 5.80. The van der Waals surface area contributed by atoms with E-state index >= 15 is 0 Å². The van der Waals surface area contributed by atoms with Crippen molar-refractivity contribution in [3.63, 3.8) is 0 Å². The summed E-state index contributed by atoms with van der Waals surface area (Å²) in [4.78, 5) is 21.5. The third kappa shape index (κ3) is 2.42. The van der Waals surface area contributed by atoms with Crippen LogP contribution in [0.25, 0.3) is 22.5 Å². The number of hydrogen-bond acceptors (Lipinski definition) is 5. The molecular weight excluding hydrogens is 296 g/mol. The molecule has 3 heterocycles. The third-order valence-electron chi connectivity index (χ3n) is 3.60. The van der Waals surface area contributed by atoms with Gasteiger partial charge in [0, 0.05) is 23.4 Å². The molecule has 1 aliphatic rings. The summed E-state index contributed by atoms with van der Waals surface area (Å²) in [5.41, 5.74) is 8.52. The van der Waals surface area contributed by atoms with Crippen LogP contribution in [-0.4, -0.2) is 28.2 Å². The SMILES string of the molecule is Nc1nc(-c2ccc3c(c2)OCCO3)c(-c2cc[nH]c(=O)c2)[nH]1. The lowest BCUT2D eigenvalue weighted by Crippen LogP contribution is -2.15. The summed E-state index contributed by atoms with van der Waals surface area (Å²) in [5.74, 6) is 1.67. The van der Waals surface area contributed by atoms with E-state index in [0.29, 0.717) is 41.7 Å². The number of nitrogen functional groups attached to an aromatic ring is 1. The molecule has 0 amide bonds.